The van der Waals surface area contributed by atoms with Gasteiger partial charge >= 0.3 is 0 Å². The van der Waals surface area contributed by atoms with E-state index in [1.165, 1.54) is 5.56 Å². The molecule has 106 valence electrons. The fourth-order valence-corrected chi connectivity index (χ4v) is 2.34. The summed E-state index contributed by atoms with van der Waals surface area (Å²) in [5.41, 5.74) is 2.15. The van der Waals surface area contributed by atoms with E-state index < -0.39 is 0 Å². The van der Waals surface area contributed by atoms with Gasteiger partial charge in [0.15, 0.2) is 5.82 Å². The van der Waals surface area contributed by atoms with Crippen molar-refractivity contribution in [3.05, 3.63) is 40.1 Å². The summed E-state index contributed by atoms with van der Waals surface area (Å²) in [6.07, 6.45) is 0.353. The van der Waals surface area contributed by atoms with Gasteiger partial charge in [0, 0.05) is 29.2 Å². The first-order chi connectivity index (χ1) is 9.54. The van der Waals surface area contributed by atoms with Crippen molar-refractivity contribution in [1.82, 2.24) is 5.16 Å². The van der Waals surface area contributed by atoms with Gasteiger partial charge in [-0.1, -0.05) is 11.2 Å². The van der Waals surface area contributed by atoms with Crippen LogP contribution < -0.4 is 10.6 Å². The van der Waals surface area contributed by atoms with Crippen molar-refractivity contribution in [1.29, 1.82) is 0 Å². The van der Waals surface area contributed by atoms with Crippen LogP contribution in [0.1, 0.15) is 17.7 Å². The van der Waals surface area contributed by atoms with Crippen LogP contribution in [0.15, 0.2) is 33.3 Å². The highest BCUT2D eigenvalue weighted by Gasteiger charge is 2.06. The van der Waals surface area contributed by atoms with Crippen molar-refractivity contribution >= 4 is 33.3 Å². The Balaban J connectivity index is 1.79. The highest BCUT2D eigenvalue weighted by atomic mass is 79.9. The Morgan fingerprint density at radius 1 is 1.35 bits per heavy atom. The lowest BCUT2D eigenvalue weighted by molar-refractivity contribution is -0.116. The Morgan fingerprint density at radius 2 is 2.15 bits per heavy atom. The number of hydrogen-bond donors (Lipinski definition) is 2. The van der Waals surface area contributed by atoms with Gasteiger partial charge in [-0.3, -0.25) is 4.79 Å². The molecule has 2 rings (SSSR count). The van der Waals surface area contributed by atoms with Gasteiger partial charge < -0.3 is 15.2 Å². The predicted octanol–water partition coefficient (Wildman–Crippen LogP) is 3.49. The average Bonchev–Trinajstić information content (AvgIpc) is 2.77. The van der Waals surface area contributed by atoms with Gasteiger partial charge in [0.25, 0.3) is 0 Å². The van der Waals surface area contributed by atoms with Crippen LogP contribution in [-0.2, 0) is 4.79 Å². The second-order valence-corrected chi connectivity index (χ2v) is 5.39. The van der Waals surface area contributed by atoms with Gasteiger partial charge in [-0.25, -0.2) is 0 Å². The van der Waals surface area contributed by atoms with Crippen LogP contribution in [0.4, 0.5) is 11.5 Å². The van der Waals surface area contributed by atoms with Crippen LogP contribution in [-0.4, -0.2) is 17.6 Å². The van der Waals surface area contributed by atoms with Crippen molar-refractivity contribution in [3.8, 4) is 0 Å². The molecule has 0 bridgehead atoms. The fraction of sp³-hybridized carbons (Fsp3) is 0.286. The first kappa shape index (κ1) is 14.6. The van der Waals surface area contributed by atoms with Gasteiger partial charge in [0.1, 0.15) is 5.76 Å². The number of rotatable bonds is 5. The molecule has 0 fully saturated rings. The SMILES string of the molecule is Cc1ccc(NCCC(=O)Nc2cc(C)on2)c(Br)c1. The third kappa shape index (κ3) is 4.09. The zero-order chi connectivity index (χ0) is 14.5. The number of carbonyl (C=O) groups is 1. The second kappa shape index (κ2) is 6.56. The number of nitrogens with zero attached hydrogens (tertiary/aromatic N) is 1. The van der Waals surface area contributed by atoms with E-state index in [0.717, 1.165) is 10.2 Å². The predicted molar refractivity (Wildman–Crippen MR) is 81.9 cm³/mol. The molecular weight excluding hydrogens is 322 g/mol. The summed E-state index contributed by atoms with van der Waals surface area (Å²) in [6.45, 7) is 4.35. The molecule has 1 aromatic heterocycles. The highest BCUT2D eigenvalue weighted by molar-refractivity contribution is 9.10. The van der Waals surface area contributed by atoms with Crippen LogP contribution >= 0.6 is 15.9 Å². The minimum atomic E-state index is -0.103. The van der Waals surface area contributed by atoms with Gasteiger partial charge in [-0.15, -0.1) is 0 Å². The van der Waals surface area contributed by atoms with Crippen molar-refractivity contribution in [2.45, 2.75) is 20.3 Å². The molecule has 1 amide bonds. The molecule has 0 unspecified atom stereocenters. The van der Waals surface area contributed by atoms with Gasteiger partial charge in [-0.05, 0) is 47.5 Å². The largest absolute Gasteiger partial charge is 0.384 e. The monoisotopic (exact) mass is 337 g/mol. The summed E-state index contributed by atoms with van der Waals surface area (Å²) in [5.74, 6) is 1.01. The first-order valence-electron chi connectivity index (χ1n) is 6.28. The molecule has 0 spiro atoms. The average molecular weight is 338 g/mol. The summed E-state index contributed by atoms with van der Waals surface area (Å²) in [7, 11) is 0. The molecule has 2 N–H and O–H groups in total. The molecular formula is C14H16BrN3O2. The minimum Gasteiger partial charge on any atom is -0.384 e. The van der Waals surface area contributed by atoms with Crippen LogP contribution in [0, 0.1) is 13.8 Å². The summed E-state index contributed by atoms with van der Waals surface area (Å²) in [5, 5.41) is 9.60. The molecule has 0 radical (unpaired) electrons. The molecule has 6 heteroatoms. The number of carbonyl (C=O) groups excluding carboxylic acids is 1. The Labute approximate surface area is 125 Å². The number of hydrogen-bond acceptors (Lipinski definition) is 4. The highest BCUT2D eigenvalue weighted by Crippen LogP contribution is 2.23. The van der Waals surface area contributed by atoms with Gasteiger partial charge in [0.05, 0.1) is 0 Å². The number of halogens is 1. The zero-order valence-corrected chi connectivity index (χ0v) is 13.0. The Hall–Kier alpha value is -1.82. The summed E-state index contributed by atoms with van der Waals surface area (Å²) in [6, 6.07) is 7.71. The van der Waals surface area contributed by atoms with E-state index in [2.05, 4.69) is 31.7 Å². The van der Waals surface area contributed by atoms with E-state index in [-0.39, 0.29) is 5.91 Å². The Kier molecular flexibility index (Phi) is 4.79. The Morgan fingerprint density at radius 3 is 2.80 bits per heavy atom. The molecule has 0 saturated carbocycles. The molecule has 1 heterocycles. The van der Waals surface area contributed by atoms with E-state index in [1.807, 2.05) is 25.1 Å². The van der Waals surface area contributed by atoms with Crippen molar-refractivity contribution in [2.75, 3.05) is 17.2 Å². The van der Waals surface area contributed by atoms with E-state index in [1.54, 1.807) is 13.0 Å². The third-order valence-electron chi connectivity index (χ3n) is 2.69. The normalized spacial score (nSPS) is 10.3. The maximum atomic E-state index is 11.7. The smallest absolute Gasteiger partial charge is 0.227 e. The standard InChI is InChI=1S/C14H16BrN3O2/c1-9-3-4-12(11(15)7-9)16-6-5-14(19)17-13-8-10(2)20-18-13/h3-4,7-8,16H,5-6H2,1-2H3,(H,17,18,19). The summed E-state index contributed by atoms with van der Waals surface area (Å²) in [4.78, 5) is 11.7. The first-order valence-corrected chi connectivity index (χ1v) is 7.07. The van der Waals surface area contributed by atoms with Crippen LogP contribution in [0.2, 0.25) is 0 Å². The lowest BCUT2D eigenvalue weighted by Crippen LogP contribution is -2.16. The summed E-state index contributed by atoms with van der Waals surface area (Å²) >= 11 is 3.49. The van der Waals surface area contributed by atoms with E-state index in [0.29, 0.717) is 24.5 Å². The number of aryl methyl sites for hydroxylation is 2. The second-order valence-electron chi connectivity index (χ2n) is 4.53. The maximum Gasteiger partial charge on any atom is 0.227 e. The minimum absolute atomic E-state index is 0.103. The van der Waals surface area contributed by atoms with Crippen molar-refractivity contribution in [2.24, 2.45) is 0 Å². The van der Waals surface area contributed by atoms with E-state index >= 15 is 0 Å². The maximum absolute atomic E-state index is 11.7. The number of anilines is 2. The number of aromatic nitrogens is 1. The van der Waals surface area contributed by atoms with E-state index in [9.17, 15) is 4.79 Å². The molecule has 0 atom stereocenters. The summed E-state index contributed by atoms with van der Waals surface area (Å²) < 4.78 is 5.87. The topological polar surface area (TPSA) is 67.2 Å². The van der Waals surface area contributed by atoms with Gasteiger partial charge in [-0.2, -0.15) is 0 Å². The van der Waals surface area contributed by atoms with Crippen LogP contribution in [0.3, 0.4) is 0 Å². The van der Waals surface area contributed by atoms with Crippen molar-refractivity contribution in [3.63, 3.8) is 0 Å². The number of nitrogens with one attached hydrogen (secondary N) is 2. The number of benzene rings is 1. The van der Waals surface area contributed by atoms with Crippen LogP contribution in [0.5, 0.6) is 0 Å². The zero-order valence-electron chi connectivity index (χ0n) is 11.4. The fourth-order valence-electron chi connectivity index (χ4n) is 1.70. The Bertz CT molecular complexity index is 610. The molecule has 0 aliphatic rings. The molecule has 20 heavy (non-hydrogen) atoms. The number of amides is 1. The molecule has 5 nitrogen and oxygen atoms in total. The molecule has 0 aliphatic carbocycles. The van der Waals surface area contributed by atoms with Crippen LogP contribution in [0.25, 0.3) is 0 Å². The molecule has 1 aromatic carbocycles. The van der Waals surface area contributed by atoms with E-state index in [4.69, 9.17) is 4.52 Å². The quantitative estimate of drug-likeness (QED) is 0.876. The van der Waals surface area contributed by atoms with Crippen molar-refractivity contribution < 1.29 is 9.32 Å². The third-order valence-corrected chi connectivity index (χ3v) is 3.34. The molecule has 2 aromatic rings. The lowest BCUT2D eigenvalue weighted by Gasteiger charge is -2.08. The lowest BCUT2D eigenvalue weighted by atomic mass is 10.2. The molecule has 0 aliphatic heterocycles. The van der Waals surface area contributed by atoms with Gasteiger partial charge in [0.2, 0.25) is 5.91 Å². The molecule has 0 saturated heterocycles.